The van der Waals surface area contributed by atoms with Crippen LogP contribution in [0.3, 0.4) is 0 Å². The molecule has 0 aromatic carbocycles. The van der Waals surface area contributed by atoms with Crippen molar-refractivity contribution in [3.05, 3.63) is 6.92 Å². The van der Waals surface area contributed by atoms with Crippen molar-refractivity contribution < 1.29 is 13.6 Å². The molecule has 0 bridgehead atoms. The molecule has 0 aliphatic heterocycles. The van der Waals surface area contributed by atoms with Crippen molar-refractivity contribution in [2.24, 2.45) is 5.41 Å². The fraction of sp³-hybridized carbons (Fsp3) is 0.917. The molecular weight excluding hydrogens is 374 g/mol. The number of hydrogen-bond acceptors (Lipinski definition) is 3. The Hall–Kier alpha value is 1.37. The van der Waals surface area contributed by atoms with Gasteiger partial charge in [-0.3, -0.25) is 0 Å². The molecule has 0 N–H and O–H groups in total. The zero-order valence-corrected chi connectivity index (χ0v) is 15.7. The number of halogens is 3. The minimum Gasteiger partial charge on any atom is -0.312 e. The van der Waals surface area contributed by atoms with Gasteiger partial charge in [0.25, 0.3) is 0 Å². The highest BCUT2D eigenvalue weighted by molar-refractivity contribution is 9.09. The van der Waals surface area contributed by atoms with Gasteiger partial charge in [-0.1, -0.05) is 22.9 Å². The van der Waals surface area contributed by atoms with E-state index in [1.165, 1.54) is 0 Å². The third-order valence-electron chi connectivity index (χ3n) is 2.33. The van der Waals surface area contributed by atoms with E-state index in [0.717, 1.165) is 11.8 Å². The molecule has 0 aromatic heterocycles. The Balaban J connectivity index is 4.23. The first-order chi connectivity index (χ1) is 8.83. The Morgan fingerprint density at radius 1 is 1.16 bits per heavy atom. The predicted molar refractivity (Wildman–Crippen MR) is 87.3 cm³/mol. The molecule has 7 heteroatoms. The van der Waals surface area contributed by atoms with Gasteiger partial charge in [-0.05, 0) is 27.2 Å². The van der Waals surface area contributed by atoms with Crippen LogP contribution in [-0.2, 0) is 13.6 Å². The van der Waals surface area contributed by atoms with Crippen LogP contribution in [0.2, 0.25) is 0 Å². The molecule has 3 unspecified atom stereocenters. The van der Waals surface area contributed by atoms with Gasteiger partial charge in [-0.25, -0.2) is 0 Å². The molecule has 3 nitrogen and oxygen atoms in total. The summed E-state index contributed by atoms with van der Waals surface area (Å²) < 4.78 is 16.8. The summed E-state index contributed by atoms with van der Waals surface area (Å²) in [5.41, 5.74) is -0.174. The normalized spacial score (nSPS) is 19.7. The Morgan fingerprint density at radius 2 is 1.63 bits per heavy atom. The van der Waals surface area contributed by atoms with Crippen molar-refractivity contribution in [2.75, 3.05) is 25.2 Å². The van der Waals surface area contributed by atoms with E-state index in [0.29, 0.717) is 19.8 Å². The molecule has 0 rings (SSSR count). The highest BCUT2D eigenvalue weighted by atomic mass is 79.9. The molecule has 115 valence electrons. The zero-order valence-electron chi connectivity index (χ0n) is 11.7. The first-order valence-electron chi connectivity index (χ1n) is 6.21. The second-order valence-electron chi connectivity index (χ2n) is 4.64. The van der Waals surface area contributed by atoms with Gasteiger partial charge < -0.3 is 13.6 Å². The van der Waals surface area contributed by atoms with Gasteiger partial charge >= 0.3 is 8.60 Å². The van der Waals surface area contributed by atoms with E-state index in [1.54, 1.807) is 0 Å². The maximum atomic E-state index is 5.86. The third kappa shape index (κ3) is 10.7. The van der Waals surface area contributed by atoms with E-state index >= 15 is 0 Å². The number of alkyl halides is 3. The van der Waals surface area contributed by atoms with Crippen LogP contribution in [0.25, 0.3) is 0 Å². The molecule has 0 saturated heterocycles. The third-order valence-corrected chi connectivity index (χ3v) is 4.83. The largest absolute Gasteiger partial charge is 0.332 e. The minimum absolute atomic E-state index is 0.0857. The van der Waals surface area contributed by atoms with E-state index in [9.17, 15) is 0 Å². The zero-order chi connectivity index (χ0) is 14.9. The first-order valence-corrected chi connectivity index (χ1v) is 9.30. The molecule has 0 spiro atoms. The molecule has 0 aliphatic rings. The van der Waals surface area contributed by atoms with E-state index in [-0.39, 0.29) is 16.2 Å². The highest BCUT2D eigenvalue weighted by Gasteiger charge is 2.25. The van der Waals surface area contributed by atoms with E-state index < -0.39 is 8.60 Å². The number of hydrogen-bond donors (Lipinski definition) is 0. The monoisotopic (exact) mass is 395 g/mol. The SMILES string of the molecule is [CH2]C(CC)(CBr)COP(OCC(C)Cl)OCC(C)Cl. The minimum atomic E-state index is -1.43. The molecule has 0 aliphatic carbocycles. The van der Waals surface area contributed by atoms with Crippen molar-refractivity contribution in [1.29, 1.82) is 0 Å². The topological polar surface area (TPSA) is 27.7 Å². The second kappa shape index (κ2) is 11.0. The first kappa shape index (κ1) is 20.4. The Morgan fingerprint density at radius 3 is 1.95 bits per heavy atom. The van der Waals surface area contributed by atoms with Gasteiger partial charge in [0.15, 0.2) is 0 Å². The highest BCUT2D eigenvalue weighted by Crippen LogP contribution is 2.42. The maximum Gasteiger partial charge on any atom is 0.332 e. The molecule has 0 saturated carbocycles. The van der Waals surface area contributed by atoms with E-state index in [2.05, 4.69) is 29.8 Å². The van der Waals surface area contributed by atoms with Gasteiger partial charge in [0, 0.05) is 10.7 Å². The summed E-state index contributed by atoms with van der Waals surface area (Å²) >= 11 is 15.2. The Labute approximate surface area is 136 Å². The van der Waals surface area contributed by atoms with Crippen LogP contribution in [0, 0.1) is 12.3 Å². The van der Waals surface area contributed by atoms with Crippen molar-refractivity contribution >= 4 is 47.7 Å². The van der Waals surface area contributed by atoms with Crippen LogP contribution in [0.4, 0.5) is 0 Å². The van der Waals surface area contributed by atoms with Crippen molar-refractivity contribution in [1.82, 2.24) is 0 Å². The van der Waals surface area contributed by atoms with Gasteiger partial charge in [0.05, 0.1) is 30.6 Å². The van der Waals surface area contributed by atoms with Crippen molar-refractivity contribution in [2.45, 2.75) is 37.9 Å². The summed E-state index contributed by atoms with van der Waals surface area (Å²) in [4.78, 5) is 0. The summed E-state index contributed by atoms with van der Waals surface area (Å²) in [7, 11) is -1.43. The van der Waals surface area contributed by atoms with Gasteiger partial charge in [0.2, 0.25) is 0 Å². The van der Waals surface area contributed by atoms with Crippen LogP contribution in [0.1, 0.15) is 27.2 Å². The predicted octanol–water partition coefficient (Wildman–Crippen LogP) is 5.14. The van der Waals surface area contributed by atoms with Crippen molar-refractivity contribution in [3.63, 3.8) is 0 Å². The second-order valence-corrected chi connectivity index (χ2v) is 7.91. The van der Waals surface area contributed by atoms with Crippen LogP contribution >= 0.6 is 47.7 Å². The number of rotatable bonds is 11. The van der Waals surface area contributed by atoms with Gasteiger partial charge in [0.1, 0.15) is 0 Å². The average Bonchev–Trinajstić information content (AvgIpc) is 2.37. The van der Waals surface area contributed by atoms with Crippen LogP contribution in [-0.4, -0.2) is 35.9 Å². The molecule has 3 atom stereocenters. The molecule has 19 heavy (non-hydrogen) atoms. The lowest BCUT2D eigenvalue weighted by molar-refractivity contribution is 0.127. The lowest BCUT2D eigenvalue weighted by Crippen LogP contribution is -2.24. The fourth-order valence-corrected chi connectivity index (χ4v) is 3.02. The Bertz CT molecular complexity index is 217. The summed E-state index contributed by atoms with van der Waals surface area (Å²) in [6.45, 7) is 11.2. The van der Waals surface area contributed by atoms with E-state index in [4.69, 9.17) is 36.8 Å². The van der Waals surface area contributed by atoms with E-state index in [1.807, 2.05) is 13.8 Å². The molecule has 0 aromatic rings. The van der Waals surface area contributed by atoms with Gasteiger partial charge in [-0.2, -0.15) is 0 Å². The quantitative estimate of drug-likeness (QED) is 0.357. The summed E-state index contributed by atoms with van der Waals surface area (Å²) in [5, 5.41) is 0.590. The lowest BCUT2D eigenvalue weighted by atomic mass is 9.92. The molecule has 0 amide bonds. The average molecular weight is 397 g/mol. The van der Waals surface area contributed by atoms with Crippen molar-refractivity contribution in [3.8, 4) is 0 Å². The standard InChI is InChI=1S/C12H23BrCl2O3P/c1-5-12(4,8-13)9-18-19(16-6-10(2)14)17-7-11(3)15/h10-11H,4-9H2,1-3H3. The maximum absolute atomic E-state index is 5.86. The molecular formula is C12H23BrCl2O3P. The summed E-state index contributed by atoms with van der Waals surface area (Å²) in [6, 6.07) is 0. The van der Waals surface area contributed by atoms with Gasteiger partial charge in [-0.15, -0.1) is 23.2 Å². The lowest BCUT2D eigenvalue weighted by Gasteiger charge is -2.27. The fourth-order valence-electron chi connectivity index (χ4n) is 0.864. The molecule has 1 radical (unpaired) electrons. The molecule has 0 heterocycles. The molecule has 0 fully saturated rings. The van der Waals surface area contributed by atoms with Crippen LogP contribution in [0.5, 0.6) is 0 Å². The Kier molecular flexibility index (Phi) is 11.8. The summed E-state index contributed by atoms with van der Waals surface area (Å²) in [5.74, 6) is 0. The van der Waals surface area contributed by atoms with Crippen LogP contribution < -0.4 is 0 Å². The van der Waals surface area contributed by atoms with Crippen LogP contribution in [0.15, 0.2) is 0 Å². The summed E-state index contributed by atoms with van der Waals surface area (Å²) in [6.07, 6.45) is 0.902. The smallest absolute Gasteiger partial charge is 0.312 e.